The summed E-state index contributed by atoms with van der Waals surface area (Å²) in [6.45, 7) is 3.35. The standard InChI is InChI=1S/C19H19N5O/c1-14-15(13-21-24(14)18-9-5-6-10-20-18)19(25)23-12-11-22(2)16-7-3-4-8-17(16)23/h3-10,13H,11-12H2,1-2H3. The molecule has 0 unspecified atom stereocenters. The van der Waals surface area contributed by atoms with E-state index in [9.17, 15) is 4.79 Å². The maximum absolute atomic E-state index is 13.2. The molecule has 3 aromatic rings. The number of likely N-dealkylation sites (N-methyl/N-ethyl adjacent to an activating group) is 1. The summed E-state index contributed by atoms with van der Waals surface area (Å²) >= 11 is 0. The molecule has 1 aliphatic heterocycles. The van der Waals surface area contributed by atoms with Crippen molar-refractivity contribution < 1.29 is 4.79 Å². The molecule has 0 aliphatic carbocycles. The summed E-state index contributed by atoms with van der Waals surface area (Å²) in [5.74, 6) is 0.679. The smallest absolute Gasteiger partial charge is 0.261 e. The molecule has 6 nitrogen and oxygen atoms in total. The molecule has 0 bridgehead atoms. The topological polar surface area (TPSA) is 54.3 Å². The Morgan fingerprint density at radius 2 is 1.80 bits per heavy atom. The second kappa shape index (κ2) is 6.05. The van der Waals surface area contributed by atoms with Crippen molar-refractivity contribution in [3.05, 3.63) is 66.1 Å². The van der Waals surface area contributed by atoms with E-state index in [4.69, 9.17) is 0 Å². The van der Waals surface area contributed by atoms with E-state index in [1.54, 1.807) is 17.1 Å². The monoisotopic (exact) mass is 333 g/mol. The molecule has 25 heavy (non-hydrogen) atoms. The maximum atomic E-state index is 13.2. The number of hydrogen-bond donors (Lipinski definition) is 0. The number of carbonyl (C=O) groups excluding carboxylic acids is 1. The van der Waals surface area contributed by atoms with E-state index in [1.165, 1.54) is 0 Å². The highest BCUT2D eigenvalue weighted by Gasteiger charge is 2.28. The Kier molecular flexibility index (Phi) is 3.72. The second-order valence-corrected chi connectivity index (χ2v) is 6.11. The number of carbonyl (C=O) groups is 1. The van der Waals surface area contributed by atoms with Crippen LogP contribution in [-0.4, -0.2) is 40.8 Å². The van der Waals surface area contributed by atoms with Crippen molar-refractivity contribution in [2.75, 3.05) is 29.9 Å². The van der Waals surface area contributed by atoms with Crippen molar-refractivity contribution in [1.82, 2.24) is 14.8 Å². The summed E-state index contributed by atoms with van der Waals surface area (Å²) in [4.78, 5) is 21.5. The van der Waals surface area contributed by atoms with Crippen LogP contribution in [-0.2, 0) is 0 Å². The Morgan fingerprint density at radius 3 is 2.56 bits per heavy atom. The fourth-order valence-corrected chi connectivity index (χ4v) is 3.19. The molecule has 0 fully saturated rings. The number of pyridine rings is 1. The highest BCUT2D eigenvalue weighted by atomic mass is 16.2. The predicted octanol–water partition coefficient (Wildman–Crippen LogP) is 2.67. The van der Waals surface area contributed by atoms with Crippen LogP contribution in [0.25, 0.3) is 5.82 Å². The van der Waals surface area contributed by atoms with Crippen LogP contribution in [0.3, 0.4) is 0 Å². The van der Waals surface area contributed by atoms with Crippen molar-refractivity contribution in [3.8, 4) is 5.82 Å². The van der Waals surface area contributed by atoms with Crippen LogP contribution in [0.5, 0.6) is 0 Å². The van der Waals surface area contributed by atoms with Crippen molar-refractivity contribution in [2.45, 2.75) is 6.92 Å². The predicted molar refractivity (Wildman–Crippen MR) is 97.5 cm³/mol. The zero-order valence-corrected chi connectivity index (χ0v) is 14.3. The summed E-state index contributed by atoms with van der Waals surface area (Å²) in [6.07, 6.45) is 3.35. The first-order chi connectivity index (χ1) is 12.2. The molecule has 0 saturated carbocycles. The van der Waals surface area contributed by atoms with Gasteiger partial charge in [-0.15, -0.1) is 0 Å². The number of hydrogen-bond acceptors (Lipinski definition) is 4. The van der Waals surface area contributed by atoms with Crippen LogP contribution < -0.4 is 9.80 Å². The summed E-state index contributed by atoms with van der Waals surface area (Å²) in [5, 5.41) is 4.37. The molecule has 0 N–H and O–H groups in total. The molecule has 6 heteroatoms. The van der Waals surface area contributed by atoms with E-state index in [0.717, 1.165) is 23.6 Å². The third kappa shape index (κ3) is 2.55. The van der Waals surface area contributed by atoms with Crippen LogP contribution >= 0.6 is 0 Å². The van der Waals surface area contributed by atoms with E-state index in [0.29, 0.717) is 17.9 Å². The van der Waals surface area contributed by atoms with E-state index in [1.807, 2.05) is 61.3 Å². The number of fused-ring (bicyclic) bond motifs is 1. The average molecular weight is 333 g/mol. The Bertz CT molecular complexity index is 919. The van der Waals surface area contributed by atoms with E-state index in [2.05, 4.69) is 15.0 Å². The number of aromatic nitrogens is 3. The fraction of sp³-hybridized carbons (Fsp3) is 0.211. The maximum Gasteiger partial charge on any atom is 0.261 e. The summed E-state index contributed by atoms with van der Waals surface area (Å²) in [6, 6.07) is 13.6. The Labute approximate surface area is 146 Å². The zero-order chi connectivity index (χ0) is 17.4. The summed E-state index contributed by atoms with van der Waals surface area (Å²) in [5.41, 5.74) is 3.40. The molecule has 3 heterocycles. The molecule has 126 valence electrons. The van der Waals surface area contributed by atoms with Crippen LogP contribution in [0.1, 0.15) is 16.1 Å². The van der Waals surface area contributed by atoms with Crippen LogP contribution in [0, 0.1) is 6.92 Å². The van der Waals surface area contributed by atoms with Gasteiger partial charge >= 0.3 is 0 Å². The minimum Gasteiger partial charge on any atom is -0.371 e. The van der Waals surface area contributed by atoms with Gasteiger partial charge in [0.25, 0.3) is 5.91 Å². The van der Waals surface area contributed by atoms with Gasteiger partial charge in [-0.25, -0.2) is 9.67 Å². The van der Waals surface area contributed by atoms with E-state index < -0.39 is 0 Å². The van der Waals surface area contributed by atoms with Crippen molar-refractivity contribution in [1.29, 1.82) is 0 Å². The number of anilines is 2. The average Bonchev–Trinajstić information content (AvgIpc) is 3.04. The Hall–Kier alpha value is -3.15. The molecule has 1 amide bonds. The third-order valence-corrected chi connectivity index (χ3v) is 4.59. The van der Waals surface area contributed by atoms with Gasteiger partial charge in [-0.1, -0.05) is 18.2 Å². The lowest BCUT2D eigenvalue weighted by atomic mass is 10.1. The van der Waals surface area contributed by atoms with E-state index in [-0.39, 0.29) is 5.91 Å². The first-order valence-corrected chi connectivity index (χ1v) is 8.25. The SMILES string of the molecule is Cc1c(C(=O)N2CCN(C)c3ccccc32)cnn1-c1ccccn1. The number of rotatable bonds is 2. The molecule has 2 aromatic heterocycles. The summed E-state index contributed by atoms with van der Waals surface area (Å²) < 4.78 is 1.70. The minimum absolute atomic E-state index is 0.0276. The number of para-hydroxylation sites is 2. The van der Waals surface area contributed by atoms with Crippen molar-refractivity contribution >= 4 is 17.3 Å². The van der Waals surface area contributed by atoms with Gasteiger partial charge < -0.3 is 9.80 Å². The van der Waals surface area contributed by atoms with Crippen molar-refractivity contribution in [3.63, 3.8) is 0 Å². The van der Waals surface area contributed by atoms with Gasteiger partial charge in [0.15, 0.2) is 5.82 Å². The lowest BCUT2D eigenvalue weighted by molar-refractivity contribution is 0.0986. The Morgan fingerprint density at radius 1 is 1.04 bits per heavy atom. The van der Waals surface area contributed by atoms with Crippen LogP contribution in [0.4, 0.5) is 11.4 Å². The molecule has 4 rings (SSSR count). The highest BCUT2D eigenvalue weighted by Crippen LogP contribution is 2.33. The van der Waals surface area contributed by atoms with Crippen LogP contribution in [0.15, 0.2) is 54.9 Å². The summed E-state index contributed by atoms with van der Waals surface area (Å²) in [7, 11) is 2.05. The van der Waals surface area contributed by atoms with Crippen LogP contribution in [0.2, 0.25) is 0 Å². The molecular weight excluding hydrogens is 314 g/mol. The quantitative estimate of drug-likeness (QED) is 0.723. The highest BCUT2D eigenvalue weighted by molar-refractivity contribution is 6.08. The Balaban J connectivity index is 1.71. The molecule has 1 aliphatic rings. The van der Waals surface area contributed by atoms with Gasteiger partial charge in [-0.2, -0.15) is 5.10 Å². The number of nitrogens with zero attached hydrogens (tertiary/aromatic N) is 5. The normalized spacial score (nSPS) is 13.7. The van der Waals surface area contributed by atoms with Crippen molar-refractivity contribution in [2.24, 2.45) is 0 Å². The first-order valence-electron chi connectivity index (χ1n) is 8.25. The van der Waals surface area contributed by atoms with E-state index >= 15 is 0 Å². The number of benzene rings is 1. The fourth-order valence-electron chi connectivity index (χ4n) is 3.19. The molecule has 0 radical (unpaired) electrons. The molecule has 0 saturated heterocycles. The second-order valence-electron chi connectivity index (χ2n) is 6.11. The van der Waals surface area contributed by atoms with Gasteiger partial charge in [-0.3, -0.25) is 4.79 Å². The number of amides is 1. The molecular formula is C19H19N5O. The molecule has 1 aromatic carbocycles. The van der Waals surface area contributed by atoms with Gasteiger partial charge in [0.2, 0.25) is 0 Å². The first kappa shape index (κ1) is 15.4. The van der Waals surface area contributed by atoms with Gasteiger partial charge in [0.05, 0.1) is 28.8 Å². The van der Waals surface area contributed by atoms with Gasteiger partial charge in [0.1, 0.15) is 0 Å². The lowest BCUT2D eigenvalue weighted by Gasteiger charge is -2.35. The zero-order valence-electron chi connectivity index (χ0n) is 14.3. The molecule has 0 atom stereocenters. The van der Waals surface area contributed by atoms with Gasteiger partial charge in [0, 0.05) is 26.3 Å². The minimum atomic E-state index is -0.0276. The largest absolute Gasteiger partial charge is 0.371 e. The lowest BCUT2D eigenvalue weighted by Crippen LogP contribution is -2.42. The van der Waals surface area contributed by atoms with Gasteiger partial charge in [-0.05, 0) is 31.2 Å². The molecule has 0 spiro atoms. The third-order valence-electron chi connectivity index (χ3n) is 4.59.